The number of hydrogen-bond donors (Lipinski definition) is 1. The zero-order valence-electron chi connectivity index (χ0n) is 14.9. The lowest BCUT2D eigenvalue weighted by Gasteiger charge is -2.32. The molecule has 0 radical (unpaired) electrons. The van der Waals surface area contributed by atoms with E-state index in [1.54, 1.807) is 0 Å². The molecule has 0 bridgehead atoms. The number of benzene rings is 1. The predicted molar refractivity (Wildman–Crippen MR) is 98.7 cm³/mol. The van der Waals surface area contributed by atoms with Gasteiger partial charge < -0.3 is 15.0 Å². The molecule has 146 valence electrons. The number of halogens is 3. The third kappa shape index (κ3) is 6.40. The van der Waals surface area contributed by atoms with Gasteiger partial charge in [-0.05, 0) is 56.7 Å². The van der Waals surface area contributed by atoms with E-state index in [1.165, 1.54) is 18.9 Å². The smallest absolute Gasteiger partial charge is 0.222 e. The zero-order valence-corrected chi connectivity index (χ0v) is 15.7. The number of carbonyl (C=O) groups excluding carboxylic acids is 1. The van der Waals surface area contributed by atoms with Gasteiger partial charge >= 0.3 is 0 Å². The van der Waals surface area contributed by atoms with Crippen molar-refractivity contribution in [3.05, 3.63) is 29.8 Å². The van der Waals surface area contributed by atoms with E-state index in [9.17, 15) is 13.6 Å². The van der Waals surface area contributed by atoms with Gasteiger partial charge in [0.25, 0.3) is 0 Å². The molecular formula is C19H27ClF2N2O2. The fraction of sp³-hybridized carbons (Fsp3) is 0.632. The van der Waals surface area contributed by atoms with E-state index in [0.29, 0.717) is 18.9 Å². The molecule has 0 atom stereocenters. The molecule has 3 rings (SSSR count). The van der Waals surface area contributed by atoms with Crippen LogP contribution in [0.25, 0.3) is 0 Å². The van der Waals surface area contributed by atoms with E-state index in [0.717, 1.165) is 50.5 Å². The molecule has 1 saturated heterocycles. The van der Waals surface area contributed by atoms with Gasteiger partial charge in [-0.2, -0.15) is 0 Å². The van der Waals surface area contributed by atoms with Crippen molar-refractivity contribution >= 4 is 18.3 Å². The molecule has 1 aliphatic heterocycles. The molecule has 1 heterocycles. The Bertz CT molecular complexity index is 591. The highest BCUT2D eigenvalue weighted by Crippen LogP contribution is 2.28. The highest BCUT2D eigenvalue weighted by molar-refractivity contribution is 5.85. The SMILES string of the molecule is Cl.O=C(CCCOc1ccc(F)cc1F)N1CCC(NCC2CC2)CC1. The first-order valence-corrected chi connectivity index (χ1v) is 9.21. The zero-order chi connectivity index (χ0) is 17.6. The highest BCUT2D eigenvalue weighted by Gasteiger charge is 2.25. The van der Waals surface area contributed by atoms with Crippen LogP contribution in [0.5, 0.6) is 5.75 Å². The molecule has 1 aromatic rings. The second-order valence-electron chi connectivity index (χ2n) is 7.03. The number of ether oxygens (including phenoxy) is 1. The first-order chi connectivity index (χ1) is 12.1. The van der Waals surface area contributed by atoms with Crippen LogP contribution in [0.1, 0.15) is 38.5 Å². The average molecular weight is 389 g/mol. The van der Waals surface area contributed by atoms with Crippen molar-refractivity contribution in [3.63, 3.8) is 0 Å². The maximum atomic E-state index is 13.4. The number of nitrogens with zero attached hydrogens (tertiary/aromatic N) is 1. The van der Waals surface area contributed by atoms with Crippen molar-refractivity contribution in [1.29, 1.82) is 0 Å². The number of hydrogen-bond acceptors (Lipinski definition) is 3. The van der Waals surface area contributed by atoms with Crippen LogP contribution in [0.4, 0.5) is 8.78 Å². The molecule has 7 heteroatoms. The molecule has 2 fully saturated rings. The monoisotopic (exact) mass is 388 g/mol. The fourth-order valence-corrected chi connectivity index (χ4v) is 3.14. The maximum absolute atomic E-state index is 13.4. The minimum atomic E-state index is -0.716. The molecule has 0 aromatic heterocycles. The topological polar surface area (TPSA) is 41.6 Å². The number of amides is 1. The summed E-state index contributed by atoms with van der Waals surface area (Å²) in [6.45, 7) is 2.97. The Balaban J connectivity index is 0.00000243. The summed E-state index contributed by atoms with van der Waals surface area (Å²) in [5.74, 6) is -0.312. The van der Waals surface area contributed by atoms with Crippen molar-refractivity contribution in [2.24, 2.45) is 5.92 Å². The Hall–Kier alpha value is -1.40. The van der Waals surface area contributed by atoms with Gasteiger partial charge in [0, 0.05) is 31.6 Å². The standard InChI is InChI=1S/C19H26F2N2O2.ClH/c20-15-5-6-18(17(21)12-15)25-11-1-2-19(24)23-9-7-16(8-10-23)22-13-14-3-4-14;/h5-6,12,14,16,22H,1-4,7-11,13H2;1H. The number of likely N-dealkylation sites (tertiary alicyclic amines) is 1. The quantitative estimate of drug-likeness (QED) is 0.692. The Morgan fingerprint density at radius 3 is 2.58 bits per heavy atom. The molecule has 1 N–H and O–H groups in total. The number of piperidine rings is 1. The van der Waals surface area contributed by atoms with Gasteiger partial charge in [0.05, 0.1) is 6.61 Å². The molecule has 0 unspecified atom stereocenters. The van der Waals surface area contributed by atoms with Crippen molar-refractivity contribution < 1.29 is 18.3 Å². The Morgan fingerprint density at radius 2 is 1.92 bits per heavy atom. The van der Waals surface area contributed by atoms with Crippen LogP contribution in [0.3, 0.4) is 0 Å². The van der Waals surface area contributed by atoms with Gasteiger partial charge in [-0.15, -0.1) is 12.4 Å². The van der Waals surface area contributed by atoms with Gasteiger partial charge in [-0.25, -0.2) is 8.78 Å². The van der Waals surface area contributed by atoms with Crippen LogP contribution in [0.15, 0.2) is 18.2 Å². The molecule has 1 amide bonds. The second kappa shape index (κ2) is 10.1. The van der Waals surface area contributed by atoms with Crippen LogP contribution in [-0.2, 0) is 4.79 Å². The average Bonchev–Trinajstić information content (AvgIpc) is 3.43. The van der Waals surface area contributed by atoms with Crippen LogP contribution < -0.4 is 10.1 Å². The van der Waals surface area contributed by atoms with Crippen LogP contribution in [0.2, 0.25) is 0 Å². The van der Waals surface area contributed by atoms with Gasteiger partial charge in [0.2, 0.25) is 5.91 Å². The van der Waals surface area contributed by atoms with E-state index in [4.69, 9.17) is 4.74 Å². The van der Waals surface area contributed by atoms with Crippen LogP contribution >= 0.6 is 12.4 Å². The molecule has 1 aromatic carbocycles. The van der Waals surface area contributed by atoms with Gasteiger partial charge in [0.1, 0.15) is 5.82 Å². The van der Waals surface area contributed by atoms with Crippen molar-refractivity contribution in [3.8, 4) is 5.75 Å². The van der Waals surface area contributed by atoms with E-state index in [2.05, 4.69) is 5.32 Å². The van der Waals surface area contributed by atoms with Gasteiger partial charge in [-0.3, -0.25) is 4.79 Å². The summed E-state index contributed by atoms with van der Waals surface area (Å²) in [5.41, 5.74) is 0. The molecular weight excluding hydrogens is 362 g/mol. The molecule has 0 spiro atoms. The van der Waals surface area contributed by atoms with E-state index >= 15 is 0 Å². The summed E-state index contributed by atoms with van der Waals surface area (Å²) in [7, 11) is 0. The fourth-order valence-electron chi connectivity index (χ4n) is 3.14. The third-order valence-corrected chi connectivity index (χ3v) is 4.93. The molecule has 26 heavy (non-hydrogen) atoms. The first kappa shape index (κ1) is 20.9. The second-order valence-corrected chi connectivity index (χ2v) is 7.03. The molecule has 1 aliphatic carbocycles. The summed E-state index contributed by atoms with van der Waals surface area (Å²) in [5, 5.41) is 3.60. The third-order valence-electron chi connectivity index (χ3n) is 4.93. The van der Waals surface area contributed by atoms with Gasteiger partial charge in [-0.1, -0.05) is 0 Å². The van der Waals surface area contributed by atoms with Crippen LogP contribution in [-0.4, -0.2) is 43.1 Å². The van der Waals surface area contributed by atoms with Crippen molar-refractivity contribution in [2.45, 2.75) is 44.6 Å². The Morgan fingerprint density at radius 1 is 1.19 bits per heavy atom. The lowest BCUT2D eigenvalue weighted by molar-refractivity contribution is -0.132. The van der Waals surface area contributed by atoms with Crippen LogP contribution in [0, 0.1) is 17.6 Å². The Kier molecular flexibility index (Phi) is 8.10. The summed E-state index contributed by atoms with van der Waals surface area (Å²) < 4.78 is 31.5. The van der Waals surface area contributed by atoms with E-state index in [1.807, 2.05) is 4.90 Å². The van der Waals surface area contributed by atoms with E-state index < -0.39 is 11.6 Å². The minimum Gasteiger partial charge on any atom is -0.491 e. The first-order valence-electron chi connectivity index (χ1n) is 9.21. The predicted octanol–water partition coefficient (Wildman–Crippen LogP) is 3.54. The molecule has 1 saturated carbocycles. The summed E-state index contributed by atoms with van der Waals surface area (Å²) in [6, 6.07) is 3.76. The molecule has 4 nitrogen and oxygen atoms in total. The summed E-state index contributed by atoms with van der Waals surface area (Å²) in [6.07, 6.45) is 5.65. The summed E-state index contributed by atoms with van der Waals surface area (Å²) in [4.78, 5) is 14.1. The lowest BCUT2D eigenvalue weighted by atomic mass is 10.0. The molecule has 2 aliphatic rings. The largest absolute Gasteiger partial charge is 0.491 e. The minimum absolute atomic E-state index is 0. The maximum Gasteiger partial charge on any atom is 0.222 e. The highest BCUT2D eigenvalue weighted by atomic mass is 35.5. The number of nitrogens with one attached hydrogen (secondary N) is 1. The normalized spacial score (nSPS) is 17.7. The van der Waals surface area contributed by atoms with Crippen molar-refractivity contribution in [2.75, 3.05) is 26.2 Å². The Labute approximate surface area is 159 Å². The lowest BCUT2D eigenvalue weighted by Crippen LogP contribution is -2.45. The number of rotatable bonds is 8. The number of carbonyl (C=O) groups is 1. The van der Waals surface area contributed by atoms with Gasteiger partial charge in [0.15, 0.2) is 11.6 Å². The van der Waals surface area contributed by atoms with E-state index in [-0.39, 0.29) is 30.7 Å². The summed E-state index contributed by atoms with van der Waals surface area (Å²) >= 11 is 0. The van der Waals surface area contributed by atoms with Crippen molar-refractivity contribution in [1.82, 2.24) is 10.2 Å².